The Hall–Kier alpha value is -4.65. The van der Waals surface area contributed by atoms with E-state index in [-0.39, 0.29) is 34.3 Å². The smallest absolute Gasteiger partial charge is 0.273 e. The molecule has 0 aliphatic rings. The number of halogens is 2. The van der Waals surface area contributed by atoms with Crippen LogP contribution in [0.5, 0.6) is 5.75 Å². The number of carbonyl (C=O) groups is 2. The van der Waals surface area contributed by atoms with Crippen LogP contribution in [0.15, 0.2) is 95.9 Å². The summed E-state index contributed by atoms with van der Waals surface area (Å²) in [5.41, 5.74) is 0.370. The highest BCUT2D eigenvalue weighted by atomic mass is 35.5. The molecule has 50 heavy (non-hydrogen) atoms. The maximum atomic E-state index is 14.7. The summed E-state index contributed by atoms with van der Waals surface area (Å²) in [6.07, 6.45) is 0.0794. The Morgan fingerprint density at radius 1 is 0.940 bits per heavy atom. The molecule has 0 aromatic heterocycles. The Labute approximate surface area is 302 Å². The zero-order valence-corrected chi connectivity index (χ0v) is 30.6. The predicted octanol–water partition coefficient (Wildman–Crippen LogP) is 6.97. The van der Waals surface area contributed by atoms with E-state index < -0.39 is 55.5 Å². The number of hydrogen-bond donors (Lipinski definition) is 1. The number of sulfonamides is 1. The van der Waals surface area contributed by atoms with Gasteiger partial charge in [-0.15, -0.1) is 0 Å². The van der Waals surface area contributed by atoms with Crippen LogP contribution in [0, 0.1) is 17.0 Å². The van der Waals surface area contributed by atoms with Crippen LogP contribution < -0.4 is 14.4 Å². The molecule has 0 saturated heterocycles. The Balaban J connectivity index is 1.89. The lowest BCUT2D eigenvalue weighted by Gasteiger charge is -2.35. The number of hydrogen-bond acceptors (Lipinski definition) is 7. The second-order valence-corrected chi connectivity index (χ2v) is 15.3. The van der Waals surface area contributed by atoms with Gasteiger partial charge in [-0.25, -0.2) is 8.42 Å². The number of carbonyl (C=O) groups excluding carboxylic acids is 2. The Kier molecular flexibility index (Phi) is 12.2. The van der Waals surface area contributed by atoms with Gasteiger partial charge in [-0.3, -0.25) is 24.0 Å². The molecule has 0 spiro atoms. The molecule has 0 aliphatic carbocycles. The first-order valence-corrected chi connectivity index (χ1v) is 17.7. The monoisotopic (exact) mass is 740 g/mol. The first kappa shape index (κ1) is 38.2. The zero-order valence-electron chi connectivity index (χ0n) is 28.2. The molecule has 0 saturated carbocycles. The third-order valence-electron chi connectivity index (χ3n) is 7.76. The molecule has 4 aromatic carbocycles. The zero-order chi connectivity index (χ0) is 36.8. The molecule has 0 aliphatic heterocycles. The summed E-state index contributed by atoms with van der Waals surface area (Å²) < 4.78 is 34.8. The lowest BCUT2D eigenvalue weighted by molar-refractivity contribution is -0.385. The molecular formula is C36H38Cl2N4O7S. The van der Waals surface area contributed by atoms with Crippen molar-refractivity contribution in [1.82, 2.24) is 10.2 Å². The molecule has 2 amide bonds. The molecule has 0 radical (unpaired) electrons. The fourth-order valence-electron chi connectivity index (χ4n) is 5.21. The van der Waals surface area contributed by atoms with E-state index in [9.17, 15) is 28.1 Å². The topological polar surface area (TPSA) is 139 Å². The van der Waals surface area contributed by atoms with Crippen molar-refractivity contribution in [3.05, 3.63) is 128 Å². The number of nitrogens with one attached hydrogen (secondary N) is 1. The van der Waals surface area contributed by atoms with Gasteiger partial charge in [0.25, 0.3) is 15.7 Å². The normalized spacial score (nSPS) is 12.1. The summed E-state index contributed by atoms with van der Waals surface area (Å²) in [4.78, 5) is 40.7. The third-order valence-corrected chi connectivity index (χ3v) is 10.2. The van der Waals surface area contributed by atoms with Gasteiger partial charge in [-0.2, -0.15) is 0 Å². The van der Waals surface area contributed by atoms with Crippen molar-refractivity contribution < 1.29 is 27.7 Å². The van der Waals surface area contributed by atoms with Crippen molar-refractivity contribution in [3.63, 3.8) is 0 Å². The highest BCUT2D eigenvalue weighted by Crippen LogP contribution is 2.31. The van der Waals surface area contributed by atoms with E-state index in [1.54, 1.807) is 39.0 Å². The number of anilines is 1. The average Bonchev–Trinajstić information content (AvgIpc) is 3.06. The predicted molar refractivity (Wildman–Crippen MR) is 194 cm³/mol. The van der Waals surface area contributed by atoms with E-state index in [0.29, 0.717) is 11.3 Å². The van der Waals surface area contributed by atoms with E-state index in [4.69, 9.17) is 27.9 Å². The number of benzene rings is 4. The molecule has 0 bridgehead atoms. The summed E-state index contributed by atoms with van der Waals surface area (Å²) in [5, 5.41) is 15.2. The van der Waals surface area contributed by atoms with Gasteiger partial charge in [0.15, 0.2) is 0 Å². The first-order chi connectivity index (χ1) is 23.5. The van der Waals surface area contributed by atoms with Gasteiger partial charge in [0, 0.05) is 45.7 Å². The molecule has 11 nitrogen and oxygen atoms in total. The molecule has 4 rings (SSSR count). The van der Waals surface area contributed by atoms with Crippen LogP contribution in [-0.4, -0.2) is 55.3 Å². The number of aryl methyl sites for hydroxylation is 1. The number of rotatable bonds is 13. The molecule has 1 N–H and O–H groups in total. The molecule has 14 heteroatoms. The van der Waals surface area contributed by atoms with E-state index in [0.717, 1.165) is 15.9 Å². The number of nitro groups is 1. The van der Waals surface area contributed by atoms with E-state index in [1.165, 1.54) is 55.3 Å². The number of amides is 2. The lowest BCUT2D eigenvalue weighted by atomic mass is 10.0. The van der Waals surface area contributed by atoms with Gasteiger partial charge in [-0.05, 0) is 75.7 Å². The van der Waals surface area contributed by atoms with Crippen LogP contribution in [0.3, 0.4) is 0 Å². The van der Waals surface area contributed by atoms with Crippen LogP contribution in [-0.2, 0) is 32.6 Å². The standard InChI is InChI=1S/C36H38Cl2N4O7S/c1-24-14-19-28(21-32(24)42(45)46)50(47,48)41(26-15-17-27(49-5)18-16-26)23-34(43)40(22-29-30(37)12-9-13-31(29)38)33(35(44)39-36(2,3)4)20-25-10-7-6-8-11-25/h6-19,21,33H,20,22-23H2,1-5H3,(H,39,44)/t33-/m0/s1. The van der Waals surface area contributed by atoms with Crippen molar-refractivity contribution in [2.45, 2.75) is 57.1 Å². The Bertz CT molecular complexity index is 1950. The summed E-state index contributed by atoms with van der Waals surface area (Å²) in [6, 6.07) is 22.3. The summed E-state index contributed by atoms with van der Waals surface area (Å²) in [5.74, 6) is -0.807. The minimum atomic E-state index is -4.61. The van der Waals surface area contributed by atoms with Gasteiger partial charge in [0.05, 0.1) is 22.6 Å². The molecule has 0 fully saturated rings. The van der Waals surface area contributed by atoms with Crippen molar-refractivity contribution in [2.24, 2.45) is 0 Å². The maximum absolute atomic E-state index is 14.7. The van der Waals surface area contributed by atoms with Crippen molar-refractivity contribution >= 4 is 56.4 Å². The van der Waals surface area contributed by atoms with Gasteiger partial charge >= 0.3 is 0 Å². The van der Waals surface area contributed by atoms with Crippen LogP contribution in [0.25, 0.3) is 0 Å². The minimum Gasteiger partial charge on any atom is -0.497 e. The molecule has 1 atom stereocenters. The van der Waals surface area contributed by atoms with E-state index >= 15 is 0 Å². The largest absolute Gasteiger partial charge is 0.497 e. The maximum Gasteiger partial charge on any atom is 0.273 e. The number of nitro benzene ring substituents is 1. The van der Waals surface area contributed by atoms with Crippen molar-refractivity contribution in [2.75, 3.05) is 18.0 Å². The highest BCUT2D eigenvalue weighted by Gasteiger charge is 2.36. The quantitative estimate of drug-likeness (QED) is 0.115. The molecular weight excluding hydrogens is 703 g/mol. The summed E-state index contributed by atoms with van der Waals surface area (Å²) in [6.45, 7) is 5.89. The van der Waals surface area contributed by atoms with Crippen molar-refractivity contribution in [1.29, 1.82) is 0 Å². The van der Waals surface area contributed by atoms with Crippen LogP contribution in [0.4, 0.5) is 11.4 Å². The number of methoxy groups -OCH3 is 1. The van der Waals surface area contributed by atoms with Gasteiger partial charge in [-0.1, -0.05) is 65.7 Å². The van der Waals surface area contributed by atoms with E-state index in [2.05, 4.69) is 5.32 Å². The lowest BCUT2D eigenvalue weighted by Crippen LogP contribution is -2.56. The van der Waals surface area contributed by atoms with Crippen LogP contribution >= 0.6 is 23.2 Å². The second kappa shape index (κ2) is 15.9. The van der Waals surface area contributed by atoms with Gasteiger partial charge < -0.3 is 15.0 Å². The third kappa shape index (κ3) is 9.32. The number of ether oxygens (including phenoxy) is 1. The highest BCUT2D eigenvalue weighted by molar-refractivity contribution is 7.92. The average molecular weight is 742 g/mol. The van der Waals surface area contributed by atoms with Crippen molar-refractivity contribution in [3.8, 4) is 5.75 Å². The SMILES string of the molecule is COc1ccc(N(CC(=O)N(Cc2c(Cl)cccc2Cl)[C@@H](Cc2ccccc2)C(=O)NC(C)(C)C)S(=O)(=O)c2ccc(C)c([N+](=O)[O-])c2)cc1. The van der Waals surface area contributed by atoms with Gasteiger partial charge in [0.2, 0.25) is 11.8 Å². The molecule has 264 valence electrons. The van der Waals surface area contributed by atoms with Crippen LogP contribution in [0.2, 0.25) is 10.0 Å². The number of nitrogens with zero attached hydrogens (tertiary/aromatic N) is 3. The van der Waals surface area contributed by atoms with Crippen LogP contribution in [0.1, 0.15) is 37.5 Å². The van der Waals surface area contributed by atoms with Gasteiger partial charge in [0.1, 0.15) is 18.3 Å². The fourth-order valence-corrected chi connectivity index (χ4v) is 7.16. The first-order valence-electron chi connectivity index (χ1n) is 15.5. The molecule has 0 heterocycles. The summed E-state index contributed by atoms with van der Waals surface area (Å²) >= 11 is 13.1. The fraction of sp³-hybridized carbons (Fsp3) is 0.278. The minimum absolute atomic E-state index is 0.0794. The molecule has 4 aromatic rings. The molecule has 0 unspecified atom stereocenters. The summed E-state index contributed by atoms with van der Waals surface area (Å²) in [7, 11) is -3.16. The van der Waals surface area contributed by atoms with E-state index in [1.807, 2.05) is 30.3 Å². The Morgan fingerprint density at radius 3 is 2.12 bits per heavy atom. The Morgan fingerprint density at radius 2 is 1.56 bits per heavy atom. The second-order valence-electron chi connectivity index (χ2n) is 12.6.